The largest absolute Gasteiger partial charge is 0.411 e. The molecule has 0 spiro atoms. The van der Waals surface area contributed by atoms with Crippen LogP contribution in [0.5, 0.6) is 0 Å². The van der Waals surface area contributed by atoms with E-state index in [2.05, 4.69) is 15.5 Å². The highest BCUT2D eigenvalue weighted by Crippen LogP contribution is 2.04. The Bertz CT molecular complexity index is 216. The standard InChI is InChI=1S/C7H13ClN2O3/c1-5(9-12)7(2,3)10-13-6(11)4-8/h10,12H,4H2,1-3H3. The van der Waals surface area contributed by atoms with Crippen molar-refractivity contribution in [3.05, 3.63) is 0 Å². The van der Waals surface area contributed by atoms with Crippen LogP contribution < -0.4 is 5.48 Å². The Morgan fingerprint density at radius 1 is 1.69 bits per heavy atom. The molecule has 0 amide bonds. The molecule has 0 rings (SSSR count). The molecule has 2 N–H and O–H groups in total. The molecule has 5 nitrogen and oxygen atoms in total. The van der Waals surface area contributed by atoms with E-state index in [1.807, 2.05) is 0 Å². The predicted octanol–water partition coefficient (Wildman–Crippen LogP) is 0.902. The van der Waals surface area contributed by atoms with Gasteiger partial charge in [0.1, 0.15) is 5.88 Å². The maximum Gasteiger partial charge on any atom is 0.339 e. The summed E-state index contributed by atoms with van der Waals surface area (Å²) in [6, 6.07) is 0. The van der Waals surface area contributed by atoms with Crippen LogP contribution in [-0.2, 0) is 9.63 Å². The van der Waals surface area contributed by atoms with Crippen molar-refractivity contribution in [3.8, 4) is 0 Å². The summed E-state index contributed by atoms with van der Waals surface area (Å²) in [5, 5.41) is 11.5. The third-order valence-corrected chi connectivity index (χ3v) is 1.80. The summed E-state index contributed by atoms with van der Waals surface area (Å²) < 4.78 is 0. The zero-order valence-corrected chi connectivity index (χ0v) is 8.55. The lowest BCUT2D eigenvalue weighted by Gasteiger charge is -2.23. The Hall–Kier alpha value is -0.810. The SMILES string of the molecule is CC(=NO)C(C)(C)NOC(=O)CCl. The molecule has 6 heteroatoms. The van der Waals surface area contributed by atoms with E-state index in [9.17, 15) is 4.79 Å². The van der Waals surface area contributed by atoms with Crippen molar-refractivity contribution >= 4 is 23.3 Å². The van der Waals surface area contributed by atoms with E-state index in [-0.39, 0.29) is 5.88 Å². The Morgan fingerprint density at radius 3 is 2.62 bits per heavy atom. The quantitative estimate of drug-likeness (QED) is 0.312. The van der Waals surface area contributed by atoms with Gasteiger partial charge in [-0.25, -0.2) is 4.79 Å². The molecule has 0 aromatic heterocycles. The molecule has 0 aliphatic carbocycles. The number of hydrogen-bond donors (Lipinski definition) is 2. The Kier molecular flexibility index (Phi) is 4.72. The van der Waals surface area contributed by atoms with Crippen molar-refractivity contribution in [2.45, 2.75) is 26.3 Å². The average molecular weight is 209 g/mol. The second-order valence-corrected chi connectivity index (χ2v) is 3.29. The van der Waals surface area contributed by atoms with Gasteiger partial charge in [0.25, 0.3) is 0 Å². The van der Waals surface area contributed by atoms with E-state index in [4.69, 9.17) is 16.8 Å². The first-order valence-corrected chi connectivity index (χ1v) is 4.19. The zero-order valence-electron chi connectivity index (χ0n) is 7.80. The number of carbonyl (C=O) groups is 1. The summed E-state index contributed by atoms with van der Waals surface area (Å²) in [6.45, 7) is 4.99. The maximum absolute atomic E-state index is 10.7. The van der Waals surface area contributed by atoms with E-state index in [0.29, 0.717) is 5.71 Å². The van der Waals surface area contributed by atoms with Crippen molar-refractivity contribution in [2.75, 3.05) is 5.88 Å². The average Bonchev–Trinajstić information content (AvgIpc) is 2.12. The fourth-order valence-corrected chi connectivity index (χ4v) is 0.465. The maximum atomic E-state index is 10.7. The molecule has 0 fully saturated rings. The summed E-state index contributed by atoms with van der Waals surface area (Å²) in [5.41, 5.74) is 2.12. The number of halogens is 1. The third kappa shape index (κ3) is 4.10. The molecule has 0 aromatic carbocycles. The van der Waals surface area contributed by atoms with Gasteiger partial charge in [-0.3, -0.25) is 0 Å². The van der Waals surface area contributed by atoms with Crippen molar-refractivity contribution in [3.63, 3.8) is 0 Å². The second kappa shape index (κ2) is 5.04. The summed E-state index contributed by atoms with van der Waals surface area (Å²) in [7, 11) is 0. The second-order valence-electron chi connectivity index (χ2n) is 3.02. The van der Waals surface area contributed by atoms with Crippen LogP contribution in [0, 0.1) is 0 Å². The van der Waals surface area contributed by atoms with Gasteiger partial charge < -0.3 is 10.0 Å². The van der Waals surface area contributed by atoms with E-state index in [1.165, 1.54) is 0 Å². The van der Waals surface area contributed by atoms with Crippen LogP contribution in [0.15, 0.2) is 5.16 Å². The number of nitrogens with one attached hydrogen (secondary N) is 1. The Labute approximate surface area is 81.7 Å². The van der Waals surface area contributed by atoms with Crippen molar-refractivity contribution in [2.24, 2.45) is 5.16 Å². The minimum Gasteiger partial charge on any atom is -0.411 e. The molecular formula is C7H13ClN2O3. The molecule has 0 unspecified atom stereocenters. The van der Waals surface area contributed by atoms with Gasteiger partial charge in [-0.15, -0.1) is 17.1 Å². The van der Waals surface area contributed by atoms with E-state index in [0.717, 1.165) is 0 Å². The monoisotopic (exact) mass is 208 g/mol. The summed E-state index contributed by atoms with van der Waals surface area (Å²) >= 11 is 5.20. The number of hydrogen-bond acceptors (Lipinski definition) is 5. The first kappa shape index (κ1) is 12.2. The molecule has 0 heterocycles. The highest BCUT2D eigenvalue weighted by molar-refractivity contribution is 6.26. The molecule has 0 aliphatic rings. The first-order chi connectivity index (χ1) is 5.94. The van der Waals surface area contributed by atoms with Gasteiger partial charge in [-0.2, -0.15) is 0 Å². The first-order valence-electron chi connectivity index (χ1n) is 3.66. The van der Waals surface area contributed by atoms with Crippen molar-refractivity contribution < 1.29 is 14.8 Å². The Morgan fingerprint density at radius 2 is 2.23 bits per heavy atom. The highest BCUT2D eigenvalue weighted by Gasteiger charge is 2.23. The van der Waals surface area contributed by atoms with Crippen LogP contribution in [0.3, 0.4) is 0 Å². The molecular weight excluding hydrogens is 196 g/mol. The Balaban J connectivity index is 4.11. The topological polar surface area (TPSA) is 70.9 Å². The molecule has 0 atom stereocenters. The van der Waals surface area contributed by atoms with E-state index < -0.39 is 11.5 Å². The predicted molar refractivity (Wildman–Crippen MR) is 48.9 cm³/mol. The van der Waals surface area contributed by atoms with Crippen LogP contribution in [0.25, 0.3) is 0 Å². The van der Waals surface area contributed by atoms with E-state index >= 15 is 0 Å². The van der Waals surface area contributed by atoms with E-state index in [1.54, 1.807) is 20.8 Å². The summed E-state index contributed by atoms with van der Waals surface area (Å²) in [5.74, 6) is -0.807. The number of rotatable bonds is 4. The summed E-state index contributed by atoms with van der Waals surface area (Å²) in [6.07, 6.45) is 0. The van der Waals surface area contributed by atoms with Gasteiger partial charge in [-0.05, 0) is 20.8 Å². The van der Waals surface area contributed by atoms with Crippen molar-refractivity contribution in [1.82, 2.24) is 5.48 Å². The van der Waals surface area contributed by atoms with Gasteiger partial charge in [-0.1, -0.05) is 5.16 Å². The zero-order chi connectivity index (χ0) is 10.5. The molecule has 0 radical (unpaired) electrons. The molecule has 0 aromatic rings. The smallest absolute Gasteiger partial charge is 0.339 e. The van der Waals surface area contributed by atoms with Gasteiger partial charge in [0.05, 0.1) is 11.3 Å². The van der Waals surface area contributed by atoms with Crippen LogP contribution in [0.2, 0.25) is 0 Å². The van der Waals surface area contributed by atoms with Crippen molar-refractivity contribution in [1.29, 1.82) is 0 Å². The molecule has 0 bridgehead atoms. The fourth-order valence-electron chi connectivity index (χ4n) is 0.411. The highest BCUT2D eigenvalue weighted by atomic mass is 35.5. The summed E-state index contributed by atoms with van der Waals surface area (Å²) in [4.78, 5) is 15.2. The van der Waals surface area contributed by atoms with Crippen LogP contribution >= 0.6 is 11.6 Å². The van der Waals surface area contributed by atoms with Gasteiger partial charge in [0.2, 0.25) is 0 Å². The third-order valence-electron chi connectivity index (χ3n) is 1.58. The van der Waals surface area contributed by atoms with Crippen LogP contribution in [-0.4, -0.2) is 28.3 Å². The fraction of sp³-hybridized carbons (Fsp3) is 0.714. The molecule has 0 aliphatic heterocycles. The minimum atomic E-state index is -0.712. The number of oxime groups is 1. The number of nitrogens with zero attached hydrogens (tertiary/aromatic N) is 1. The van der Waals surface area contributed by atoms with Crippen LogP contribution in [0.4, 0.5) is 0 Å². The normalized spacial score (nSPS) is 12.8. The minimum absolute atomic E-state index is 0.224. The lowest BCUT2D eigenvalue weighted by Crippen LogP contribution is -2.46. The molecule has 13 heavy (non-hydrogen) atoms. The lowest BCUT2D eigenvalue weighted by molar-refractivity contribution is -0.150. The lowest BCUT2D eigenvalue weighted by atomic mass is 10.0. The van der Waals surface area contributed by atoms with Gasteiger partial charge in [0, 0.05) is 0 Å². The molecule has 0 saturated carbocycles. The number of hydroxylamine groups is 1. The molecule has 0 saturated heterocycles. The van der Waals surface area contributed by atoms with Gasteiger partial charge in [0.15, 0.2) is 0 Å². The number of alkyl halides is 1. The number of carbonyl (C=O) groups excluding carboxylic acids is 1. The van der Waals surface area contributed by atoms with Gasteiger partial charge >= 0.3 is 5.97 Å². The molecule has 76 valence electrons. The van der Waals surface area contributed by atoms with Crippen LogP contribution in [0.1, 0.15) is 20.8 Å².